The van der Waals surface area contributed by atoms with Gasteiger partial charge in [-0.1, -0.05) is 30.0 Å². The first-order valence-electron chi connectivity index (χ1n) is 8.81. The number of para-hydroxylation sites is 1. The van der Waals surface area contributed by atoms with E-state index in [2.05, 4.69) is 4.98 Å². The van der Waals surface area contributed by atoms with Crippen molar-refractivity contribution in [1.29, 1.82) is 0 Å². The molecular weight excluding hydrogens is 394 g/mol. The fraction of sp³-hybridized carbons (Fsp3) is 0.200. The number of nitro benzene ring substituents is 1. The molecule has 0 spiro atoms. The minimum absolute atomic E-state index is 0.0750. The Labute approximate surface area is 170 Å². The summed E-state index contributed by atoms with van der Waals surface area (Å²) in [5.41, 5.74) is 3.14. The number of anilines is 1. The zero-order chi connectivity index (χ0) is 19.7. The van der Waals surface area contributed by atoms with E-state index in [0.717, 1.165) is 34.1 Å². The van der Waals surface area contributed by atoms with Crippen LogP contribution in [-0.2, 0) is 6.42 Å². The Morgan fingerprint density at radius 2 is 2.11 bits per heavy atom. The van der Waals surface area contributed by atoms with Gasteiger partial charge in [-0.05, 0) is 43.5 Å². The molecule has 2 heterocycles. The van der Waals surface area contributed by atoms with Crippen molar-refractivity contribution in [3.8, 4) is 0 Å². The number of thiazole rings is 1. The molecule has 28 heavy (non-hydrogen) atoms. The van der Waals surface area contributed by atoms with Crippen LogP contribution in [0.1, 0.15) is 28.0 Å². The normalized spacial score (nSPS) is 13.2. The highest BCUT2D eigenvalue weighted by atomic mass is 32.2. The molecule has 1 aliphatic rings. The average Bonchev–Trinajstić information content (AvgIpc) is 3.11. The van der Waals surface area contributed by atoms with Crippen LogP contribution in [0, 0.1) is 17.0 Å². The van der Waals surface area contributed by atoms with Gasteiger partial charge in [-0.25, -0.2) is 4.98 Å². The highest BCUT2D eigenvalue weighted by Crippen LogP contribution is 2.37. The van der Waals surface area contributed by atoms with E-state index in [9.17, 15) is 14.9 Å². The molecule has 6 nitrogen and oxygen atoms in total. The number of aromatic nitrogens is 1. The SMILES string of the molecule is Cc1csc(Sc2ccc(C(=O)N3CCCc4ccccc43)cc2[N+](=O)[O-])n1. The molecule has 0 atom stereocenters. The van der Waals surface area contributed by atoms with E-state index in [-0.39, 0.29) is 11.6 Å². The van der Waals surface area contributed by atoms with Crippen molar-refractivity contribution >= 4 is 40.4 Å². The number of carbonyl (C=O) groups excluding carboxylic acids is 1. The number of hydrogen-bond acceptors (Lipinski definition) is 6. The molecule has 0 N–H and O–H groups in total. The predicted octanol–water partition coefficient (Wildman–Crippen LogP) is 5.10. The molecule has 4 rings (SSSR count). The second-order valence-corrected chi connectivity index (χ2v) is 8.63. The number of hydrogen-bond donors (Lipinski definition) is 0. The second-order valence-electron chi connectivity index (χ2n) is 6.49. The Bertz CT molecular complexity index is 1060. The summed E-state index contributed by atoms with van der Waals surface area (Å²) in [5.74, 6) is -0.211. The van der Waals surface area contributed by atoms with Crippen LogP contribution in [-0.4, -0.2) is 22.4 Å². The smallest absolute Gasteiger partial charge is 0.284 e. The maximum absolute atomic E-state index is 13.1. The van der Waals surface area contributed by atoms with E-state index in [1.54, 1.807) is 17.0 Å². The van der Waals surface area contributed by atoms with Gasteiger partial charge in [0.25, 0.3) is 11.6 Å². The topological polar surface area (TPSA) is 76.3 Å². The first-order chi connectivity index (χ1) is 13.5. The summed E-state index contributed by atoms with van der Waals surface area (Å²) >= 11 is 2.69. The van der Waals surface area contributed by atoms with Crippen molar-refractivity contribution in [1.82, 2.24) is 4.98 Å². The van der Waals surface area contributed by atoms with Gasteiger partial charge in [0.1, 0.15) is 0 Å². The third kappa shape index (κ3) is 3.65. The number of nitrogens with zero attached hydrogens (tertiary/aromatic N) is 3. The number of benzene rings is 2. The fourth-order valence-corrected chi connectivity index (χ4v) is 5.13. The molecule has 0 saturated carbocycles. The van der Waals surface area contributed by atoms with E-state index >= 15 is 0 Å². The molecule has 142 valence electrons. The minimum atomic E-state index is -0.441. The second kappa shape index (κ2) is 7.73. The maximum Gasteiger partial charge on any atom is 0.284 e. The van der Waals surface area contributed by atoms with Crippen LogP contribution in [0.25, 0.3) is 0 Å². The Balaban J connectivity index is 1.66. The number of rotatable bonds is 4. The number of fused-ring (bicyclic) bond motifs is 1. The quantitative estimate of drug-likeness (QED) is 0.441. The molecule has 0 bridgehead atoms. The average molecular weight is 412 g/mol. The lowest BCUT2D eigenvalue weighted by Gasteiger charge is -2.29. The summed E-state index contributed by atoms with van der Waals surface area (Å²) in [4.78, 5) is 30.8. The molecule has 1 aromatic heterocycles. The first kappa shape index (κ1) is 18.6. The van der Waals surface area contributed by atoms with Crippen molar-refractivity contribution in [2.24, 2.45) is 0 Å². The van der Waals surface area contributed by atoms with E-state index in [4.69, 9.17) is 0 Å². The predicted molar refractivity (Wildman–Crippen MR) is 111 cm³/mol. The third-order valence-electron chi connectivity index (χ3n) is 4.55. The van der Waals surface area contributed by atoms with Gasteiger partial charge in [0.15, 0.2) is 4.34 Å². The molecular formula is C20H17N3O3S2. The van der Waals surface area contributed by atoms with Crippen LogP contribution in [0.4, 0.5) is 11.4 Å². The molecule has 3 aromatic rings. The Morgan fingerprint density at radius 1 is 1.29 bits per heavy atom. The highest BCUT2D eigenvalue weighted by molar-refractivity contribution is 8.01. The van der Waals surface area contributed by atoms with Gasteiger partial charge in [0, 0.05) is 34.9 Å². The minimum Gasteiger partial charge on any atom is -0.308 e. The van der Waals surface area contributed by atoms with Crippen molar-refractivity contribution in [2.45, 2.75) is 29.0 Å². The Kier molecular flexibility index (Phi) is 5.15. The monoisotopic (exact) mass is 411 g/mol. The highest BCUT2D eigenvalue weighted by Gasteiger charge is 2.26. The molecule has 0 aliphatic carbocycles. The van der Waals surface area contributed by atoms with Crippen molar-refractivity contribution < 1.29 is 9.72 Å². The Hall–Kier alpha value is -2.71. The van der Waals surface area contributed by atoms with Gasteiger partial charge in [0.05, 0.1) is 9.82 Å². The molecule has 1 aliphatic heterocycles. The van der Waals surface area contributed by atoms with Crippen molar-refractivity contribution in [3.05, 3.63) is 74.8 Å². The van der Waals surface area contributed by atoms with Crippen LogP contribution in [0.2, 0.25) is 0 Å². The standard InChI is InChI=1S/C20H17N3O3S2/c1-13-12-27-20(21-13)28-18-9-8-15(11-17(18)23(25)26)19(24)22-10-4-6-14-5-2-3-7-16(14)22/h2-3,5,7-9,11-12H,4,6,10H2,1H3. The molecule has 0 fully saturated rings. The zero-order valence-corrected chi connectivity index (χ0v) is 16.8. The van der Waals surface area contributed by atoms with Gasteiger partial charge >= 0.3 is 0 Å². The molecule has 1 amide bonds. The van der Waals surface area contributed by atoms with Crippen LogP contribution >= 0.6 is 23.1 Å². The molecule has 0 unspecified atom stereocenters. The summed E-state index contributed by atoms with van der Waals surface area (Å²) in [6.07, 6.45) is 1.81. The van der Waals surface area contributed by atoms with Crippen LogP contribution < -0.4 is 4.90 Å². The number of carbonyl (C=O) groups is 1. The summed E-state index contributed by atoms with van der Waals surface area (Å²) in [6.45, 7) is 2.49. The molecule has 0 radical (unpaired) electrons. The zero-order valence-electron chi connectivity index (χ0n) is 15.1. The van der Waals surface area contributed by atoms with Gasteiger partial charge < -0.3 is 4.90 Å². The summed E-state index contributed by atoms with van der Waals surface area (Å²) in [7, 11) is 0. The van der Waals surface area contributed by atoms with E-state index in [1.165, 1.54) is 29.2 Å². The lowest BCUT2D eigenvalue weighted by Crippen LogP contribution is -2.35. The van der Waals surface area contributed by atoms with Gasteiger partial charge in [-0.15, -0.1) is 11.3 Å². The first-order valence-corrected chi connectivity index (χ1v) is 10.5. The van der Waals surface area contributed by atoms with E-state index < -0.39 is 4.92 Å². The van der Waals surface area contributed by atoms with E-state index in [1.807, 2.05) is 36.6 Å². The Morgan fingerprint density at radius 3 is 2.86 bits per heavy atom. The summed E-state index contributed by atoms with van der Waals surface area (Å²) in [6, 6.07) is 12.5. The number of nitro groups is 1. The number of amides is 1. The summed E-state index contributed by atoms with van der Waals surface area (Å²) in [5, 5.41) is 13.5. The van der Waals surface area contributed by atoms with Crippen molar-refractivity contribution in [3.63, 3.8) is 0 Å². The third-order valence-corrected chi connectivity index (χ3v) is 6.67. The summed E-state index contributed by atoms with van der Waals surface area (Å²) < 4.78 is 0.740. The molecule has 2 aromatic carbocycles. The molecule has 8 heteroatoms. The van der Waals surface area contributed by atoms with Gasteiger partial charge in [-0.2, -0.15) is 0 Å². The lowest BCUT2D eigenvalue weighted by molar-refractivity contribution is -0.387. The van der Waals surface area contributed by atoms with Crippen LogP contribution in [0.3, 0.4) is 0 Å². The fourth-order valence-electron chi connectivity index (χ4n) is 3.25. The van der Waals surface area contributed by atoms with Crippen LogP contribution in [0.15, 0.2) is 57.1 Å². The van der Waals surface area contributed by atoms with Gasteiger partial charge in [0.2, 0.25) is 0 Å². The van der Waals surface area contributed by atoms with Gasteiger partial charge in [-0.3, -0.25) is 14.9 Å². The lowest BCUT2D eigenvalue weighted by atomic mass is 10.0. The maximum atomic E-state index is 13.1. The van der Waals surface area contributed by atoms with E-state index in [0.29, 0.717) is 17.0 Å². The number of aryl methyl sites for hydroxylation is 2. The molecule has 0 saturated heterocycles. The van der Waals surface area contributed by atoms with Crippen molar-refractivity contribution in [2.75, 3.05) is 11.4 Å². The largest absolute Gasteiger partial charge is 0.308 e. The van der Waals surface area contributed by atoms with Crippen LogP contribution in [0.5, 0.6) is 0 Å².